The summed E-state index contributed by atoms with van der Waals surface area (Å²) < 4.78 is 10.7. The minimum absolute atomic E-state index is 0.107. The van der Waals surface area contributed by atoms with E-state index in [1.54, 1.807) is 18.1 Å². The van der Waals surface area contributed by atoms with Gasteiger partial charge in [-0.05, 0) is 48.3 Å². The zero-order chi connectivity index (χ0) is 17.5. The van der Waals surface area contributed by atoms with Gasteiger partial charge in [-0.15, -0.1) is 0 Å². The SMILES string of the molecule is COCCCN1C(=O)/C(=C\c2cccc(OCC(C)C)c2)NC1=S. The number of thiocarbonyl (C=S) groups is 1. The fraction of sp³-hybridized carbons (Fsp3) is 0.444. The number of methoxy groups -OCH3 is 1. The van der Waals surface area contributed by atoms with Crippen molar-refractivity contribution in [2.24, 2.45) is 5.92 Å². The van der Waals surface area contributed by atoms with Gasteiger partial charge in [0, 0.05) is 20.3 Å². The Morgan fingerprint density at radius 1 is 1.38 bits per heavy atom. The van der Waals surface area contributed by atoms with E-state index in [0.29, 0.717) is 36.5 Å². The number of ether oxygens (including phenoxy) is 2. The molecule has 0 aromatic heterocycles. The molecule has 1 aliphatic heterocycles. The molecule has 0 bridgehead atoms. The fourth-order valence-corrected chi connectivity index (χ4v) is 2.55. The number of rotatable bonds is 8. The molecule has 24 heavy (non-hydrogen) atoms. The van der Waals surface area contributed by atoms with Crippen molar-refractivity contribution in [2.45, 2.75) is 20.3 Å². The first-order valence-corrected chi connectivity index (χ1v) is 8.48. The van der Waals surface area contributed by atoms with Crippen molar-refractivity contribution in [1.82, 2.24) is 10.2 Å². The molecule has 1 aromatic rings. The quantitative estimate of drug-likeness (QED) is 0.445. The highest BCUT2D eigenvalue weighted by molar-refractivity contribution is 7.80. The topological polar surface area (TPSA) is 50.8 Å². The van der Waals surface area contributed by atoms with Crippen LogP contribution in [0.2, 0.25) is 0 Å². The average Bonchev–Trinajstić information content (AvgIpc) is 2.81. The summed E-state index contributed by atoms with van der Waals surface area (Å²) in [6, 6.07) is 7.67. The standard InChI is InChI=1S/C18H24N2O3S/c1-13(2)12-23-15-7-4-6-14(10-15)11-16-17(21)20(18(24)19-16)8-5-9-22-3/h4,6-7,10-11,13H,5,8-9,12H2,1-3H3,(H,19,24)/b16-11+. The van der Waals surface area contributed by atoms with Gasteiger partial charge in [-0.25, -0.2) is 0 Å². The number of hydrogen-bond donors (Lipinski definition) is 1. The van der Waals surface area contributed by atoms with E-state index in [2.05, 4.69) is 19.2 Å². The number of carbonyl (C=O) groups is 1. The summed E-state index contributed by atoms with van der Waals surface area (Å²) in [7, 11) is 1.64. The fourth-order valence-electron chi connectivity index (χ4n) is 2.27. The van der Waals surface area contributed by atoms with Gasteiger partial charge in [0.1, 0.15) is 11.4 Å². The highest BCUT2D eigenvalue weighted by atomic mass is 32.1. The number of hydrogen-bond acceptors (Lipinski definition) is 4. The van der Waals surface area contributed by atoms with E-state index in [0.717, 1.165) is 17.7 Å². The first-order valence-electron chi connectivity index (χ1n) is 8.07. The monoisotopic (exact) mass is 348 g/mol. The van der Waals surface area contributed by atoms with Crippen LogP contribution in [0.5, 0.6) is 5.75 Å². The largest absolute Gasteiger partial charge is 0.493 e. The van der Waals surface area contributed by atoms with E-state index in [1.165, 1.54) is 0 Å². The third kappa shape index (κ3) is 5.04. The lowest BCUT2D eigenvalue weighted by Crippen LogP contribution is -2.32. The van der Waals surface area contributed by atoms with E-state index in [4.69, 9.17) is 21.7 Å². The molecule has 0 atom stereocenters. The minimum atomic E-state index is -0.107. The van der Waals surface area contributed by atoms with Crippen molar-refractivity contribution in [2.75, 3.05) is 26.9 Å². The Bertz CT molecular complexity index is 628. The Morgan fingerprint density at radius 3 is 2.88 bits per heavy atom. The Hall–Kier alpha value is -1.92. The van der Waals surface area contributed by atoms with Gasteiger partial charge in [0.15, 0.2) is 5.11 Å². The van der Waals surface area contributed by atoms with Crippen LogP contribution in [0.4, 0.5) is 0 Å². The number of nitrogens with zero attached hydrogens (tertiary/aromatic N) is 1. The first-order chi connectivity index (χ1) is 11.5. The van der Waals surface area contributed by atoms with Crippen molar-refractivity contribution < 1.29 is 14.3 Å². The molecule has 1 amide bonds. The molecule has 0 radical (unpaired) electrons. The molecular weight excluding hydrogens is 324 g/mol. The molecule has 0 unspecified atom stereocenters. The number of amides is 1. The predicted octanol–water partition coefficient (Wildman–Crippen LogP) is 2.82. The predicted molar refractivity (Wildman–Crippen MR) is 98.7 cm³/mol. The maximum Gasteiger partial charge on any atom is 0.276 e. The molecule has 1 fully saturated rings. The van der Waals surface area contributed by atoms with Gasteiger partial charge in [0.2, 0.25) is 0 Å². The second-order valence-electron chi connectivity index (χ2n) is 6.07. The van der Waals surface area contributed by atoms with E-state index in [1.807, 2.05) is 24.3 Å². The van der Waals surface area contributed by atoms with E-state index < -0.39 is 0 Å². The highest BCUT2D eigenvalue weighted by Gasteiger charge is 2.29. The van der Waals surface area contributed by atoms with Crippen molar-refractivity contribution in [3.63, 3.8) is 0 Å². The van der Waals surface area contributed by atoms with Crippen molar-refractivity contribution in [3.8, 4) is 5.75 Å². The van der Waals surface area contributed by atoms with Gasteiger partial charge in [-0.2, -0.15) is 0 Å². The van der Waals surface area contributed by atoms with Crippen molar-refractivity contribution in [3.05, 3.63) is 35.5 Å². The number of benzene rings is 1. The third-order valence-corrected chi connectivity index (χ3v) is 3.77. The third-order valence-electron chi connectivity index (χ3n) is 3.44. The Kier molecular flexibility index (Phi) is 6.75. The molecule has 1 aliphatic rings. The smallest absolute Gasteiger partial charge is 0.276 e. The summed E-state index contributed by atoms with van der Waals surface area (Å²) in [5, 5.41) is 3.43. The second-order valence-corrected chi connectivity index (χ2v) is 6.46. The van der Waals surface area contributed by atoms with Gasteiger partial charge in [-0.1, -0.05) is 26.0 Å². The van der Waals surface area contributed by atoms with Crippen LogP contribution in [-0.2, 0) is 9.53 Å². The highest BCUT2D eigenvalue weighted by Crippen LogP contribution is 2.19. The molecule has 1 N–H and O–H groups in total. The normalized spacial score (nSPS) is 16.2. The molecule has 0 saturated carbocycles. The van der Waals surface area contributed by atoms with Crippen LogP contribution >= 0.6 is 12.2 Å². The molecule has 6 heteroatoms. The van der Waals surface area contributed by atoms with Gasteiger partial charge < -0.3 is 14.8 Å². The van der Waals surface area contributed by atoms with Gasteiger partial charge in [0.25, 0.3) is 5.91 Å². The van der Waals surface area contributed by atoms with Crippen molar-refractivity contribution in [1.29, 1.82) is 0 Å². The van der Waals surface area contributed by atoms with Crippen LogP contribution in [0.25, 0.3) is 6.08 Å². The molecular formula is C18H24N2O3S. The zero-order valence-corrected chi connectivity index (χ0v) is 15.2. The van der Waals surface area contributed by atoms with E-state index in [9.17, 15) is 4.79 Å². The second kappa shape index (κ2) is 8.80. The van der Waals surface area contributed by atoms with Crippen LogP contribution < -0.4 is 10.1 Å². The lowest BCUT2D eigenvalue weighted by molar-refractivity contribution is -0.122. The lowest BCUT2D eigenvalue weighted by Gasteiger charge is -2.13. The summed E-state index contributed by atoms with van der Waals surface area (Å²) in [5.74, 6) is 1.15. The summed E-state index contributed by atoms with van der Waals surface area (Å²) in [6.07, 6.45) is 2.54. The zero-order valence-electron chi connectivity index (χ0n) is 14.4. The van der Waals surface area contributed by atoms with Gasteiger partial charge in [-0.3, -0.25) is 9.69 Å². The van der Waals surface area contributed by atoms with Crippen molar-refractivity contribution >= 4 is 29.3 Å². The Balaban J connectivity index is 2.06. The summed E-state index contributed by atoms with van der Waals surface area (Å²) in [6.45, 7) is 6.01. The molecule has 0 spiro atoms. The summed E-state index contributed by atoms with van der Waals surface area (Å²) >= 11 is 5.24. The summed E-state index contributed by atoms with van der Waals surface area (Å²) in [5.41, 5.74) is 1.38. The number of nitrogens with one attached hydrogen (secondary N) is 1. The molecule has 1 heterocycles. The summed E-state index contributed by atoms with van der Waals surface area (Å²) in [4.78, 5) is 14.0. The maximum atomic E-state index is 12.4. The molecule has 130 valence electrons. The molecule has 5 nitrogen and oxygen atoms in total. The maximum absolute atomic E-state index is 12.4. The first kappa shape index (κ1) is 18.4. The van der Waals surface area contributed by atoms with Crippen LogP contribution in [0.1, 0.15) is 25.8 Å². The average molecular weight is 348 g/mol. The molecule has 0 aliphatic carbocycles. The van der Waals surface area contributed by atoms with Gasteiger partial charge in [0.05, 0.1) is 6.61 Å². The molecule has 1 saturated heterocycles. The van der Waals surface area contributed by atoms with Crippen LogP contribution in [0.15, 0.2) is 30.0 Å². The number of carbonyl (C=O) groups excluding carboxylic acids is 1. The Morgan fingerprint density at radius 2 is 2.17 bits per heavy atom. The van der Waals surface area contributed by atoms with E-state index >= 15 is 0 Å². The van der Waals surface area contributed by atoms with Crippen LogP contribution in [0, 0.1) is 5.92 Å². The lowest BCUT2D eigenvalue weighted by atomic mass is 10.1. The Labute approximate surface area is 148 Å². The van der Waals surface area contributed by atoms with Crippen LogP contribution in [0.3, 0.4) is 0 Å². The molecule has 1 aromatic carbocycles. The van der Waals surface area contributed by atoms with E-state index in [-0.39, 0.29) is 5.91 Å². The van der Waals surface area contributed by atoms with Gasteiger partial charge >= 0.3 is 0 Å². The minimum Gasteiger partial charge on any atom is -0.493 e. The molecule has 2 rings (SSSR count). The van der Waals surface area contributed by atoms with Crippen LogP contribution in [-0.4, -0.2) is 42.8 Å².